The van der Waals surface area contributed by atoms with Gasteiger partial charge in [-0.15, -0.1) is 0 Å². The molecule has 1 aromatic carbocycles. The Morgan fingerprint density at radius 3 is 2.32 bits per heavy atom. The average molecular weight is 260 g/mol. The monoisotopic (exact) mass is 260 g/mol. The van der Waals surface area contributed by atoms with Crippen LogP contribution in [0.4, 0.5) is 0 Å². The van der Waals surface area contributed by atoms with Crippen molar-refractivity contribution in [3.05, 3.63) is 34.4 Å². The van der Waals surface area contributed by atoms with E-state index < -0.39 is 0 Å². The van der Waals surface area contributed by atoms with E-state index in [1.807, 2.05) is 0 Å². The van der Waals surface area contributed by atoms with Crippen molar-refractivity contribution in [1.82, 2.24) is 4.90 Å². The van der Waals surface area contributed by atoms with Crippen LogP contribution in [0.5, 0.6) is 0 Å². The summed E-state index contributed by atoms with van der Waals surface area (Å²) in [5.41, 5.74) is 11.4. The zero-order valence-corrected chi connectivity index (χ0v) is 12.7. The molecular weight excluding hydrogens is 232 g/mol. The highest BCUT2D eigenvalue weighted by atomic mass is 15.1. The van der Waals surface area contributed by atoms with Crippen molar-refractivity contribution in [3.8, 4) is 0 Å². The quantitative estimate of drug-likeness (QED) is 0.901. The molecule has 1 aliphatic heterocycles. The summed E-state index contributed by atoms with van der Waals surface area (Å²) in [6, 6.07) is 4.70. The van der Waals surface area contributed by atoms with Crippen LogP contribution >= 0.6 is 0 Å². The number of rotatable bonds is 4. The van der Waals surface area contributed by atoms with Crippen LogP contribution in [0.3, 0.4) is 0 Å². The number of aryl methyl sites for hydroxylation is 3. The van der Waals surface area contributed by atoms with Crippen LogP contribution in [0.15, 0.2) is 12.1 Å². The van der Waals surface area contributed by atoms with Crippen LogP contribution in [0.2, 0.25) is 0 Å². The summed E-state index contributed by atoms with van der Waals surface area (Å²) in [7, 11) is 0. The fourth-order valence-electron chi connectivity index (χ4n) is 3.10. The van der Waals surface area contributed by atoms with Crippen LogP contribution in [-0.2, 0) is 6.54 Å². The lowest BCUT2D eigenvalue weighted by Crippen LogP contribution is -2.34. The molecule has 2 heteroatoms. The fourth-order valence-corrected chi connectivity index (χ4v) is 3.10. The molecule has 2 N–H and O–H groups in total. The number of likely N-dealkylation sites (tertiary alicyclic amines) is 1. The molecule has 1 fully saturated rings. The van der Waals surface area contributed by atoms with Gasteiger partial charge in [0, 0.05) is 6.54 Å². The maximum absolute atomic E-state index is 5.65. The SMILES string of the molecule is Cc1cc(C)c(CN2CCC(CCN)CC2)cc1C. The van der Waals surface area contributed by atoms with E-state index in [0.717, 1.165) is 19.0 Å². The van der Waals surface area contributed by atoms with Gasteiger partial charge < -0.3 is 5.73 Å². The molecule has 0 atom stereocenters. The highest BCUT2D eigenvalue weighted by molar-refractivity contribution is 5.36. The van der Waals surface area contributed by atoms with Crippen molar-refractivity contribution in [2.75, 3.05) is 19.6 Å². The minimum atomic E-state index is 0.848. The second kappa shape index (κ2) is 6.53. The first-order valence-electron chi connectivity index (χ1n) is 7.59. The number of hydrogen-bond donors (Lipinski definition) is 1. The zero-order chi connectivity index (χ0) is 13.8. The van der Waals surface area contributed by atoms with Crippen LogP contribution in [0, 0.1) is 26.7 Å². The summed E-state index contributed by atoms with van der Waals surface area (Å²) in [5.74, 6) is 0.863. The number of hydrogen-bond acceptors (Lipinski definition) is 2. The molecule has 0 saturated carbocycles. The maximum atomic E-state index is 5.65. The molecule has 0 bridgehead atoms. The zero-order valence-electron chi connectivity index (χ0n) is 12.7. The van der Waals surface area contributed by atoms with E-state index in [1.165, 1.54) is 54.6 Å². The van der Waals surface area contributed by atoms with Crippen molar-refractivity contribution in [2.45, 2.75) is 46.6 Å². The van der Waals surface area contributed by atoms with Gasteiger partial charge in [0.25, 0.3) is 0 Å². The molecule has 0 spiro atoms. The van der Waals surface area contributed by atoms with Crippen LogP contribution in [0.25, 0.3) is 0 Å². The third kappa shape index (κ3) is 3.80. The molecule has 1 aliphatic rings. The van der Waals surface area contributed by atoms with Crippen molar-refractivity contribution in [2.24, 2.45) is 11.7 Å². The third-order valence-electron chi connectivity index (χ3n) is 4.63. The molecule has 1 aromatic rings. The Hall–Kier alpha value is -0.860. The largest absolute Gasteiger partial charge is 0.330 e. The lowest BCUT2D eigenvalue weighted by Gasteiger charge is -2.32. The molecule has 0 unspecified atom stereocenters. The predicted octanol–water partition coefficient (Wildman–Crippen LogP) is 3.17. The fraction of sp³-hybridized carbons (Fsp3) is 0.647. The molecule has 19 heavy (non-hydrogen) atoms. The molecule has 106 valence electrons. The molecule has 2 rings (SSSR count). The Morgan fingerprint density at radius 1 is 1.05 bits per heavy atom. The van der Waals surface area contributed by atoms with Crippen molar-refractivity contribution < 1.29 is 0 Å². The first-order valence-corrected chi connectivity index (χ1v) is 7.59. The number of piperidine rings is 1. The van der Waals surface area contributed by atoms with Gasteiger partial charge in [-0.3, -0.25) is 4.90 Å². The Labute approximate surface area is 118 Å². The maximum Gasteiger partial charge on any atom is 0.0236 e. The summed E-state index contributed by atoms with van der Waals surface area (Å²) < 4.78 is 0. The predicted molar refractivity (Wildman–Crippen MR) is 82.3 cm³/mol. The highest BCUT2D eigenvalue weighted by Gasteiger charge is 2.19. The van der Waals surface area contributed by atoms with E-state index in [-0.39, 0.29) is 0 Å². The van der Waals surface area contributed by atoms with Gasteiger partial charge in [0.15, 0.2) is 0 Å². The molecule has 2 nitrogen and oxygen atoms in total. The smallest absolute Gasteiger partial charge is 0.0236 e. The van der Waals surface area contributed by atoms with E-state index >= 15 is 0 Å². The van der Waals surface area contributed by atoms with Gasteiger partial charge in [-0.2, -0.15) is 0 Å². The minimum absolute atomic E-state index is 0.848. The first-order chi connectivity index (χ1) is 9.10. The molecule has 0 amide bonds. The lowest BCUT2D eigenvalue weighted by molar-refractivity contribution is 0.173. The number of nitrogens with zero attached hydrogens (tertiary/aromatic N) is 1. The molecule has 1 saturated heterocycles. The summed E-state index contributed by atoms with van der Waals surface area (Å²) in [5, 5.41) is 0. The second-order valence-corrected chi connectivity index (χ2v) is 6.16. The Kier molecular flexibility index (Phi) is 5.00. The molecule has 0 aliphatic carbocycles. The van der Waals surface area contributed by atoms with Gasteiger partial charge in [0.1, 0.15) is 0 Å². The van der Waals surface area contributed by atoms with Crippen LogP contribution < -0.4 is 5.73 Å². The first kappa shape index (κ1) is 14.5. The minimum Gasteiger partial charge on any atom is -0.330 e. The summed E-state index contributed by atoms with van der Waals surface area (Å²) >= 11 is 0. The normalized spacial score (nSPS) is 17.9. The Balaban J connectivity index is 1.94. The van der Waals surface area contributed by atoms with Gasteiger partial charge in [-0.25, -0.2) is 0 Å². The van der Waals surface area contributed by atoms with Crippen molar-refractivity contribution in [3.63, 3.8) is 0 Å². The average Bonchev–Trinajstić information content (AvgIpc) is 2.38. The second-order valence-electron chi connectivity index (χ2n) is 6.16. The molecule has 0 aromatic heterocycles. The standard InChI is InChI=1S/C17H28N2/c1-13-10-15(3)17(11-14(13)2)12-19-8-5-16(4-7-18)6-9-19/h10-11,16H,4-9,12,18H2,1-3H3. The Morgan fingerprint density at radius 2 is 1.68 bits per heavy atom. The van der Waals surface area contributed by atoms with Gasteiger partial charge in [0.2, 0.25) is 0 Å². The summed E-state index contributed by atoms with van der Waals surface area (Å²) in [6.45, 7) is 11.1. The number of benzene rings is 1. The van der Waals surface area contributed by atoms with Crippen LogP contribution in [-0.4, -0.2) is 24.5 Å². The van der Waals surface area contributed by atoms with Gasteiger partial charge in [-0.1, -0.05) is 12.1 Å². The molecule has 1 heterocycles. The van der Waals surface area contributed by atoms with E-state index in [9.17, 15) is 0 Å². The van der Waals surface area contributed by atoms with Crippen molar-refractivity contribution >= 4 is 0 Å². The van der Waals surface area contributed by atoms with Gasteiger partial charge in [0.05, 0.1) is 0 Å². The summed E-state index contributed by atoms with van der Waals surface area (Å²) in [6.07, 6.45) is 3.85. The van der Waals surface area contributed by atoms with E-state index in [0.29, 0.717) is 0 Å². The highest BCUT2D eigenvalue weighted by Crippen LogP contribution is 2.23. The van der Waals surface area contributed by atoms with E-state index in [2.05, 4.69) is 37.8 Å². The van der Waals surface area contributed by atoms with Gasteiger partial charge >= 0.3 is 0 Å². The summed E-state index contributed by atoms with van der Waals surface area (Å²) in [4.78, 5) is 2.60. The molecule has 0 radical (unpaired) electrons. The third-order valence-corrected chi connectivity index (χ3v) is 4.63. The molecular formula is C17H28N2. The van der Waals surface area contributed by atoms with Crippen LogP contribution in [0.1, 0.15) is 41.5 Å². The van der Waals surface area contributed by atoms with E-state index in [1.54, 1.807) is 0 Å². The topological polar surface area (TPSA) is 29.3 Å². The lowest BCUT2D eigenvalue weighted by atomic mass is 9.93. The number of nitrogens with two attached hydrogens (primary N) is 1. The van der Waals surface area contributed by atoms with E-state index in [4.69, 9.17) is 5.73 Å². The van der Waals surface area contributed by atoms with Crippen molar-refractivity contribution in [1.29, 1.82) is 0 Å². The van der Waals surface area contributed by atoms with Gasteiger partial charge in [-0.05, 0) is 87.8 Å². The Bertz CT molecular complexity index is 418.